The summed E-state index contributed by atoms with van der Waals surface area (Å²) in [4.78, 5) is 24.2. The van der Waals surface area contributed by atoms with Crippen LogP contribution in [0.25, 0.3) is 0 Å². The first-order valence-corrected chi connectivity index (χ1v) is 8.90. The lowest BCUT2D eigenvalue weighted by Crippen LogP contribution is -2.41. The van der Waals surface area contributed by atoms with Crippen molar-refractivity contribution in [2.75, 3.05) is 18.1 Å². The molecule has 1 aliphatic heterocycles. The molecular weight excluding hydrogens is 332 g/mol. The summed E-state index contributed by atoms with van der Waals surface area (Å²) < 4.78 is 23.2. The predicted octanol–water partition coefficient (Wildman–Crippen LogP) is 1.90. The zero-order valence-corrected chi connectivity index (χ0v) is 13.4. The zero-order valence-electron chi connectivity index (χ0n) is 11.9. The summed E-state index contributed by atoms with van der Waals surface area (Å²) in [5, 5.41) is 10.9. The van der Waals surface area contributed by atoms with Crippen molar-refractivity contribution in [2.24, 2.45) is 0 Å². The third-order valence-electron chi connectivity index (χ3n) is 3.64. The molecule has 1 aromatic rings. The number of sulfone groups is 1. The Labute approximate surface area is 132 Å². The summed E-state index contributed by atoms with van der Waals surface area (Å²) in [6.07, 6.45) is 0.370. The van der Waals surface area contributed by atoms with E-state index in [0.717, 1.165) is 6.07 Å². The Morgan fingerprint density at radius 3 is 2.68 bits per heavy atom. The Balaban J connectivity index is 2.33. The lowest BCUT2D eigenvalue weighted by molar-refractivity contribution is -0.384. The second kappa shape index (κ2) is 6.21. The van der Waals surface area contributed by atoms with Crippen molar-refractivity contribution in [3.8, 4) is 0 Å². The maximum atomic E-state index is 12.6. The molecule has 0 spiro atoms. The lowest BCUT2D eigenvalue weighted by Gasteiger charge is -2.27. The van der Waals surface area contributed by atoms with Crippen LogP contribution in [0.3, 0.4) is 0 Å². The summed E-state index contributed by atoms with van der Waals surface area (Å²) in [6.45, 7) is 2.03. The van der Waals surface area contributed by atoms with Crippen LogP contribution >= 0.6 is 11.6 Å². The van der Waals surface area contributed by atoms with Crippen molar-refractivity contribution < 1.29 is 18.1 Å². The fourth-order valence-corrected chi connectivity index (χ4v) is 4.46. The van der Waals surface area contributed by atoms with Crippen LogP contribution < -0.4 is 0 Å². The Morgan fingerprint density at radius 2 is 2.18 bits per heavy atom. The van der Waals surface area contributed by atoms with Gasteiger partial charge in [-0.3, -0.25) is 14.9 Å². The van der Waals surface area contributed by atoms with Gasteiger partial charge in [0.1, 0.15) is 0 Å². The van der Waals surface area contributed by atoms with E-state index in [1.54, 1.807) is 6.92 Å². The predicted molar refractivity (Wildman–Crippen MR) is 81.9 cm³/mol. The number of carbonyl (C=O) groups is 1. The van der Waals surface area contributed by atoms with E-state index in [9.17, 15) is 23.3 Å². The number of non-ortho nitro benzene ring substituents is 1. The fraction of sp³-hybridized carbons (Fsp3) is 0.462. The van der Waals surface area contributed by atoms with Crippen molar-refractivity contribution in [3.63, 3.8) is 0 Å². The van der Waals surface area contributed by atoms with Crippen LogP contribution in [0.1, 0.15) is 23.7 Å². The molecule has 120 valence electrons. The molecule has 2 rings (SSSR count). The number of hydrogen-bond donors (Lipinski definition) is 0. The summed E-state index contributed by atoms with van der Waals surface area (Å²) in [5.41, 5.74) is -0.218. The minimum Gasteiger partial charge on any atom is -0.335 e. The van der Waals surface area contributed by atoms with E-state index < -0.39 is 26.7 Å². The molecule has 0 saturated carbocycles. The maximum Gasteiger partial charge on any atom is 0.270 e. The van der Waals surface area contributed by atoms with Crippen molar-refractivity contribution in [2.45, 2.75) is 19.4 Å². The third kappa shape index (κ3) is 3.38. The highest BCUT2D eigenvalue weighted by Crippen LogP contribution is 2.26. The van der Waals surface area contributed by atoms with Crippen molar-refractivity contribution in [1.29, 1.82) is 0 Å². The largest absolute Gasteiger partial charge is 0.335 e. The number of nitrogens with zero attached hydrogens (tertiary/aromatic N) is 2. The number of rotatable bonds is 4. The van der Waals surface area contributed by atoms with Crippen molar-refractivity contribution in [1.82, 2.24) is 4.90 Å². The second-order valence-corrected chi connectivity index (χ2v) is 7.71. The molecule has 0 aromatic heterocycles. The van der Waals surface area contributed by atoms with E-state index in [2.05, 4.69) is 0 Å². The molecule has 0 N–H and O–H groups in total. The average molecular weight is 347 g/mol. The number of nitro groups is 1. The van der Waals surface area contributed by atoms with Gasteiger partial charge in [-0.1, -0.05) is 11.6 Å². The van der Waals surface area contributed by atoms with Gasteiger partial charge in [-0.05, 0) is 19.4 Å². The monoisotopic (exact) mass is 346 g/mol. The van der Waals surface area contributed by atoms with Crippen LogP contribution in [-0.2, 0) is 9.84 Å². The van der Waals surface area contributed by atoms with Gasteiger partial charge in [0.05, 0.1) is 27.0 Å². The van der Waals surface area contributed by atoms with Gasteiger partial charge in [0.25, 0.3) is 11.6 Å². The fourth-order valence-electron chi connectivity index (χ4n) is 2.53. The van der Waals surface area contributed by atoms with Gasteiger partial charge in [-0.25, -0.2) is 8.42 Å². The molecule has 0 bridgehead atoms. The molecule has 1 amide bonds. The Morgan fingerprint density at radius 1 is 1.50 bits per heavy atom. The first kappa shape index (κ1) is 16.7. The molecule has 9 heteroatoms. The lowest BCUT2D eigenvalue weighted by atomic mass is 10.1. The number of benzene rings is 1. The van der Waals surface area contributed by atoms with Crippen LogP contribution in [0.15, 0.2) is 18.2 Å². The Kier molecular flexibility index (Phi) is 4.72. The molecule has 1 saturated heterocycles. The van der Waals surface area contributed by atoms with Gasteiger partial charge in [-0.15, -0.1) is 0 Å². The number of nitro benzene ring substituents is 1. The highest BCUT2D eigenvalue weighted by Gasteiger charge is 2.35. The molecule has 1 unspecified atom stereocenters. The highest BCUT2D eigenvalue weighted by atomic mass is 35.5. The Bertz CT molecular complexity index is 719. The summed E-state index contributed by atoms with van der Waals surface area (Å²) in [6, 6.07) is 3.22. The number of carbonyl (C=O) groups excluding carboxylic acids is 1. The minimum absolute atomic E-state index is 0.0158. The van der Waals surface area contributed by atoms with Crippen molar-refractivity contribution >= 4 is 33.0 Å². The van der Waals surface area contributed by atoms with Gasteiger partial charge < -0.3 is 4.90 Å². The van der Waals surface area contributed by atoms with Gasteiger partial charge in [0, 0.05) is 24.7 Å². The van der Waals surface area contributed by atoms with Crippen LogP contribution in [0.2, 0.25) is 5.02 Å². The van der Waals surface area contributed by atoms with Crippen LogP contribution in [0.4, 0.5) is 5.69 Å². The van der Waals surface area contributed by atoms with Crippen LogP contribution in [0.5, 0.6) is 0 Å². The van der Waals surface area contributed by atoms with E-state index in [1.807, 2.05) is 0 Å². The molecule has 1 aromatic carbocycles. The zero-order chi connectivity index (χ0) is 16.5. The number of amides is 1. The first-order chi connectivity index (χ1) is 10.2. The molecule has 22 heavy (non-hydrogen) atoms. The molecule has 1 fully saturated rings. The Hall–Kier alpha value is -1.67. The quantitative estimate of drug-likeness (QED) is 0.612. The molecule has 7 nitrogen and oxygen atoms in total. The second-order valence-electron chi connectivity index (χ2n) is 5.07. The normalized spacial score (nSPS) is 19.8. The third-order valence-corrected chi connectivity index (χ3v) is 5.72. The first-order valence-electron chi connectivity index (χ1n) is 6.70. The molecule has 0 aliphatic carbocycles. The SMILES string of the molecule is CCN(C(=O)c1cc([N+](=O)[O-])ccc1Cl)C1CCS(=O)(=O)C1. The number of hydrogen-bond acceptors (Lipinski definition) is 5. The van der Waals surface area contributed by atoms with Crippen molar-refractivity contribution in [3.05, 3.63) is 38.9 Å². The molecule has 1 heterocycles. The topological polar surface area (TPSA) is 97.6 Å². The summed E-state index contributed by atoms with van der Waals surface area (Å²) in [5.74, 6) is -0.526. The molecule has 1 atom stereocenters. The molecular formula is C13H15ClN2O5S. The average Bonchev–Trinajstić information content (AvgIpc) is 2.79. The highest BCUT2D eigenvalue weighted by molar-refractivity contribution is 7.91. The van der Waals surface area contributed by atoms with E-state index in [0.29, 0.717) is 13.0 Å². The standard InChI is InChI=1S/C13H15ClN2O5S/c1-2-15(10-5-6-22(20,21)8-10)13(17)11-7-9(16(18)19)3-4-12(11)14/h3-4,7,10H,2,5-6,8H2,1H3. The maximum absolute atomic E-state index is 12.6. The molecule has 0 radical (unpaired) electrons. The minimum atomic E-state index is -3.13. The van der Waals surface area contributed by atoms with E-state index in [4.69, 9.17) is 11.6 Å². The smallest absolute Gasteiger partial charge is 0.270 e. The summed E-state index contributed by atoms with van der Waals surface area (Å²) in [7, 11) is -3.13. The van der Waals surface area contributed by atoms with Crippen LogP contribution in [-0.4, -0.2) is 48.2 Å². The van der Waals surface area contributed by atoms with E-state index >= 15 is 0 Å². The van der Waals surface area contributed by atoms with Gasteiger partial charge in [-0.2, -0.15) is 0 Å². The van der Waals surface area contributed by atoms with E-state index in [1.165, 1.54) is 17.0 Å². The number of halogens is 1. The van der Waals surface area contributed by atoms with Gasteiger partial charge in [0.15, 0.2) is 9.84 Å². The summed E-state index contributed by atoms with van der Waals surface area (Å²) >= 11 is 5.97. The molecule has 1 aliphatic rings. The van der Waals surface area contributed by atoms with Gasteiger partial charge >= 0.3 is 0 Å². The van der Waals surface area contributed by atoms with Crippen LogP contribution in [0, 0.1) is 10.1 Å². The van der Waals surface area contributed by atoms with E-state index in [-0.39, 0.29) is 27.8 Å². The van der Waals surface area contributed by atoms with Gasteiger partial charge in [0.2, 0.25) is 0 Å².